The number of aromatic nitrogens is 2. The molecule has 0 radical (unpaired) electrons. The van der Waals surface area contributed by atoms with E-state index >= 15 is 0 Å². The van der Waals surface area contributed by atoms with Crippen LogP contribution in [0.4, 0.5) is 0 Å². The van der Waals surface area contributed by atoms with Gasteiger partial charge in [0.05, 0.1) is 17.3 Å². The lowest BCUT2D eigenvalue weighted by molar-refractivity contribution is 0.483. The molecule has 3 aromatic carbocycles. The van der Waals surface area contributed by atoms with Gasteiger partial charge in [-0.2, -0.15) is 4.98 Å². The molecule has 168 valence electrons. The Morgan fingerprint density at radius 3 is 2.41 bits per heavy atom. The number of hydrogen-bond acceptors (Lipinski definition) is 3. The number of fused-ring (bicyclic) bond motifs is 4. The average Bonchev–Trinajstić information content (AvgIpc) is 3.40. The van der Waals surface area contributed by atoms with E-state index in [1.54, 1.807) is 6.26 Å². The van der Waals surface area contributed by atoms with E-state index in [9.17, 15) is 0 Å². The van der Waals surface area contributed by atoms with Crippen LogP contribution in [0, 0.1) is 0 Å². The van der Waals surface area contributed by atoms with Crippen molar-refractivity contribution < 1.29 is 9.15 Å². The Kier molecular flexibility index (Phi) is 4.78. The van der Waals surface area contributed by atoms with Crippen molar-refractivity contribution in [3.05, 3.63) is 95.2 Å². The summed E-state index contributed by atoms with van der Waals surface area (Å²) < 4.78 is 15.2. The SMILES string of the molecule is CC(C)(C)c1cc(-n2c3ccccc3c3ccc(Oc4cccc(Br)c4)cc32)nc2occc12. The van der Waals surface area contributed by atoms with Crippen molar-refractivity contribution in [3.63, 3.8) is 0 Å². The van der Waals surface area contributed by atoms with Gasteiger partial charge in [-0.25, -0.2) is 0 Å². The molecule has 0 unspecified atom stereocenters. The maximum atomic E-state index is 6.21. The topological polar surface area (TPSA) is 40.2 Å². The molecule has 0 atom stereocenters. The van der Waals surface area contributed by atoms with Crippen LogP contribution in [-0.2, 0) is 5.41 Å². The third-order valence-corrected chi connectivity index (χ3v) is 6.63. The Bertz CT molecular complexity index is 1690. The lowest BCUT2D eigenvalue weighted by Gasteiger charge is -2.21. The van der Waals surface area contributed by atoms with Gasteiger partial charge >= 0.3 is 0 Å². The summed E-state index contributed by atoms with van der Waals surface area (Å²) in [5, 5.41) is 3.37. The Morgan fingerprint density at radius 2 is 1.59 bits per heavy atom. The van der Waals surface area contributed by atoms with Crippen molar-refractivity contribution in [3.8, 4) is 17.3 Å². The van der Waals surface area contributed by atoms with Gasteiger partial charge in [-0.05, 0) is 59.5 Å². The maximum Gasteiger partial charge on any atom is 0.228 e. The fraction of sp³-hybridized carbons (Fsp3) is 0.138. The van der Waals surface area contributed by atoms with Crippen LogP contribution in [0.1, 0.15) is 26.3 Å². The third kappa shape index (κ3) is 3.48. The number of ether oxygens (including phenoxy) is 1. The second kappa shape index (κ2) is 7.74. The van der Waals surface area contributed by atoms with Gasteiger partial charge in [0.25, 0.3) is 0 Å². The minimum atomic E-state index is -0.0620. The molecule has 6 rings (SSSR count). The van der Waals surface area contributed by atoms with Gasteiger partial charge in [0.15, 0.2) is 0 Å². The summed E-state index contributed by atoms with van der Waals surface area (Å²) in [6.45, 7) is 6.65. The summed E-state index contributed by atoms with van der Waals surface area (Å²) in [6.07, 6.45) is 1.71. The molecule has 0 fully saturated rings. The minimum absolute atomic E-state index is 0.0620. The van der Waals surface area contributed by atoms with Crippen LogP contribution in [0.3, 0.4) is 0 Å². The normalized spacial score (nSPS) is 12.1. The Balaban J connectivity index is 1.62. The zero-order valence-corrected chi connectivity index (χ0v) is 20.8. The highest BCUT2D eigenvalue weighted by Crippen LogP contribution is 2.37. The number of nitrogens with zero attached hydrogens (tertiary/aromatic N) is 2. The van der Waals surface area contributed by atoms with Crippen molar-refractivity contribution in [2.75, 3.05) is 0 Å². The number of halogens is 1. The summed E-state index contributed by atoms with van der Waals surface area (Å²) in [7, 11) is 0. The molecule has 0 saturated carbocycles. The molecule has 0 aliphatic rings. The lowest BCUT2D eigenvalue weighted by Crippen LogP contribution is -2.13. The van der Waals surface area contributed by atoms with Crippen molar-refractivity contribution in [2.45, 2.75) is 26.2 Å². The number of hydrogen-bond donors (Lipinski definition) is 0. The van der Waals surface area contributed by atoms with Crippen LogP contribution in [0.5, 0.6) is 11.5 Å². The number of furan rings is 1. The highest BCUT2D eigenvalue weighted by molar-refractivity contribution is 9.10. The van der Waals surface area contributed by atoms with E-state index in [2.05, 4.69) is 83.7 Å². The van der Waals surface area contributed by atoms with E-state index in [-0.39, 0.29) is 5.41 Å². The second-order valence-electron chi connectivity index (χ2n) is 9.51. The largest absolute Gasteiger partial charge is 0.457 e. The van der Waals surface area contributed by atoms with Crippen LogP contribution in [-0.4, -0.2) is 9.55 Å². The summed E-state index contributed by atoms with van der Waals surface area (Å²) in [6, 6.07) is 26.7. The lowest BCUT2D eigenvalue weighted by atomic mass is 9.85. The summed E-state index contributed by atoms with van der Waals surface area (Å²) in [4.78, 5) is 4.93. The van der Waals surface area contributed by atoms with Crippen LogP contribution in [0.2, 0.25) is 0 Å². The van der Waals surface area contributed by atoms with Gasteiger partial charge in [0.2, 0.25) is 5.71 Å². The third-order valence-electron chi connectivity index (χ3n) is 6.14. The van der Waals surface area contributed by atoms with Gasteiger partial charge in [0.1, 0.15) is 17.3 Å². The van der Waals surface area contributed by atoms with Crippen LogP contribution < -0.4 is 4.74 Å². The first kappa shape index (κ1) is 21.0. The van der Waals surface area contributed by atoms with Gasteiger partial charge in [0, 0.05) is 26.7 Å². The van der Waals surface area contributed by atoms with Crippen molar-refractivity contribution in [1.29, 1.82) is 0 Å². The van der Waals surface area contributed by atoms with Gasteiger partial charge in [-0.1, -0.05) is 61.0 Å². The van der Waals surface area contributed by atoms with E-state index in [0.29, 0.717) is 5.71 Å². The molecule has 3 heterocycles. The average molecular weight is 511 g/mol. The molecular formula is C29H23BrN2O2. The number of rotatable bonds is 3. The summed E-state index contributed by atoms with van der Waals surface area (Å²) in [5.74, 6) is 2.38. The molecule has 0 aliphatic carbocycles. The molecule has 0 aliphatic heterocycles. The van der Waals surface area contributed by atoms with Crippen LogP contribution in [0.15, 0.2) is 94.0 Å². The van der Waals surface area contributed by atoms with Crippen LogP contribution >= 0.6 is 15.9 Å². The predicted octanol–water partition coefficient (Wildman–Crippen LogP) is 8.78. The zero-order chi connectivity index (χ0) is 23.4. The molecule has 6 aromatic rings. The standard InChI is InChI=1S/C29H23BrN2O2/c1-29(2,3)24-17-27(31-28-23(24)13-14-33-28)32-25-10-5-4-9-21(25)22-12-11-20(16-26(22)32)34-19-8-6-7-18(30)15-19/h4-17H,1-3H3. The van der Waals surface area contributed by atoms with Gasteiger partial charge < -0.3 is 9.15 Å². The van der Waals surface area contributed by atoms with Gasteiger partial charge in [-0.15, -0.1) is 0 Å². The molecule has 4 nitrogen and oxygen atoms in total. The molecule has 0 bridgehead atoms. The first-order valence-corrected chi connectivity index (χ1v) is 12.0. The zero-order valence-electron chi connectivity index (χ0n) is 19.2. The van der Waals surface area contributed by atoms with E-state index in [1.807, 2.05) is 36.4 Å². The first-order valence-electron chi connectivity index (χ1n) is 11.2. The molecular weight excluding hydrogens is 488 g/mol. The number of benzene rings is 3. The Hall–Kier alpha value is -3.57. The molecule has 0 saturated heterocycles. The van der Waals surface area contributed by atoms with E-state index < -0.39 is 0 Å². The molecule has 0 spiro atoms. The Labute approximate surface area is 205 Å². The summed E-state index contributed by atoms with van der Waals surface area (Å²) in [5.41, 5.74) is 3.92. The smallest absolute Gasteiger partial charge is 0.228 e. The quantitative estimate of drug-likeness (QED) is 0.238. The van der Waals surface area contributed by atoms with Gasteiger partial charge in [-0.3, -0.25) is 4.57 Å². The molecule has 5 heteroatoms. The number of pyridine rings is 1. The molecule has 0 amide bonds. The van der Waals surface area contributed by atoms with E-state index in [0.717, 1.165) is 43.6 Å². The summed E-state index contributed by atoms with van der Waals surface area (Å²) >= 11 is 3.52. The van der Waals surface area contributed by atoms with Crippen molar-refractivity contribution in [2.24, 2.45) is 0 Å². The molecule has 34 heavy (non-hydrogen) atoms. The first-order chi connectivity index (χ1) is 16.4. The van der Waals surface area contributed by atoms with E-state index in [4.69, 9.17) is 14.1 Å². The second-order valence-corrected chi connectivity index (χ2v) is 10.4. The predicted molar refractivity (Wildman–Crippen MR) is 141 cm³/mol. The van der Waals surface area contributed by atoms with Crippen molar-refractivity contribution in [1.82, 2.24) is 9.55 Å². The highest BCUT2D eigenvalue weighted by atomic mass is 79.9. The molecule has 0 N–H and O–H groups in total. The monoisotopic (exact) mass is 510 g/mol. The molecule has 3 aromatic heterocycles. The fourth-order valence-electron chi connectivity index (χ4n) is 4.60. The fourth-order valence-corrected chi connectivity index (χ4v) is 4.98. The van der Waals surface area contributed by atoms with Crippen molar-refractivity contribution >= 4 is 48.8 Å². The highest BCUT2D eigenvalue weighted by Gasteiger charge is 2.22. The minimum Gasteiger partial charge on any atom is -0.457 e. The number of para-hydroxylation sites is 1. The maximum absolute atomic E-state index is 6.21. The van der Waals surface area contributed by atoms with Crippen LogP contribution in [0.25, 0.3) is 38.7 Å². The van der Waals surface area contributed by atoms with E-state index in [1.165, 1.54) is 10.9 Å². The Morgan fingerprint density at radius 1 is 0.794 bits per heavy atom.